The molecule has 28 heavy (non-hydrogen) atoms. The molecule has 3 aromatic carbocycles. The van der Waals surface area contributed by atoms with Crippen molar-refractivity contribution in [2.45, 2.75) is 6.92 Å². The van der Waals surface area contributed by atoms with Gasteiger partial charge < -0.3 is 14.5 Å². The van der Waals surface area contributed by atoms with Gasteiger partial charge in [0.05, 0.1) is 5.52 Å². The fourth-order valence-electron chi connectivity index (χ4n) is 3.05. The molecule has 1 aromatic heterocycles. The summed E-state index contributed by atoms with van der Waals surface area (Å²) in [4.78, 5) is 15.9. The van der Waals surface area contributed by atoms with Crippen molar-refractivity contribution in [3.05, 3.63) is 82.5 Å². The Labute approximate surface area is 162 Å². The first kappa shape index (κ1) is 17.7. The molecule has 0 fully saturated rings. The summed E-state index contributed by atoms with van der Waals surface area (Å²) in [5.41, 5.74) is 2.66. The van der Waals surface area contributed by atoms with Gasteiger partial charge in [0, 0.05) is 22.4 Å². The highest BCUT2D eigenvalue weighted by Crippen LogP contribution is 2.20. The molecular formula is C24H19NO3. The monoisotopic (exact) mass is 369 g/mol. The molecule has 0 aliphatic rings. The van der Waals surface area contributed by atoms with E-state index in [-0.39, 0.29) is 12.0 Å². The zero-order valence-corrected chi connectivity index (χ0v) is 15.5. The predicted molar refractivity (Wildman–Crippen MR) is 112 cm³/mol. The third-order valence-electron chi connectivity index (χ3n) is 4.51. The second-order valence-corrected chi connectivity index (χ2v) is 6.40. The van der Waals surface area contributed by atoms with Crippen LogP contribution >= 0.6 is 0 Å². The van der Waals surface area contributed by atoms with Gasteiger partial charge in [0.15, 0.2) is 5.43 Å². The number of aryl methyl sites for hydroxylation is 1. The number of aromatic nitrogens is 1. The Morgan fingerprint density at radius 2 is 1.54 bits per heavy atom. The Balaban J connectivity index is 1.42. The third kappa shape index (κ3) is 3.70. The zero-order valence-electron chi connectivity index (χ0n) is 15.5. The summed E-state index contributed by atoms with van der Waals surface area (Å²) in [6.45, 7) is 2.56. The van der Waals surface area contributed by atoms with Crippen LogP contribution in [-0.4, -0.2) is 18.2 Å². The Bertz CT molecular complexity index is 1260. The van der Waals surface area contributed by atoms with Crippen molar-refractivity contribution in [2.75, 3.05) is 13.2 Å². The van der Waals surface area contributed by atoms with Crippen LogP contribution in [0.2, 0.25) is 0 Å². The van der Waals surface area contributed by atoms with Gasteiger partial charge >= 0.3 is 0 Å². The van der Waals surface area contributed by atoms with Gasteiger partial charge in [-0.25, -0.2) is 0 Å². The SMILES string of the molecule is Cc1ccccc1OCC#CCOc1ccc2c(=O)c3ccccc3[nH]c2c1. The van der Waals surface area contributed by atoms with Gasteiger partial charge in [-0.05, 0) is 42.8 Å². The van der Waals surface area contributed by atoms with Crippen LogP contribution in [0.25, 0.3) is 21.8 Å². The lowest BCUT2D eigenvalue weighted by Crippen LogP contribution is -2.04. The average molecular weight is 369 g/mol. The molecule has 1 heterocycles. The van der Waals surface area contributed by atoms with Crippen LogP contribution in [0.1, 0.15) is 5.56 Å². The minimum atomic E-state index is 0.0176. The summed E-state index contributed by atoms with van der Waals surface area (Å²) in [6.07, 6.45) is 0. The quantitative estimate of drug-likeness (QED) is 0.427. The smallest absolute Gasteiger partial charge is 0.197 e. The molecule has 0 aliphatic heterocycles. The molecule has 4 rings (SSSR count). The number of hydrogen-bond acceptors (Lipinski definition) is 3. The van der Waals surface area contributed by atoms with E-state index in [0.29, 0.717) is 23.1 Å². The molecule has 0 amide bonds. The second-order valence-electron chi connectivity index (χ2n) is 6.40. The van der Waals surface area contributed by atoms with E-state index >= 15 is 0 Å². The number of hydrogen-bond donors (Lipinski definition) is 1. The van der Waals surface area contributed by atoms with E-state index in [1.54, 1.807) is 12.1 Å². The first-order chi connectivity index (χ1) is 13.7. The van der Waals surface area contributed by atoms with Crippen molar-refractivity contribution in [1.82, 2.24) is 4.98 Å². The van der Waals surface area contributed by atoms with Gasteiger partial charge in [-0.1, -0.05) is 42.2 Å². The summed E-state index contributed by atoms with van der Waals surface area (Å²) in [6, 6.07) is 20.7. The normalized spacial score (nSPS) is 10.5. The molecule has 0 saturated carbocycles. The number of rotatable bonds is 4. The summed E-state index contributed by atoms with van der Waals surface area (Å²) in [7, 11) is 0. The van der Waals surface area contributed by atoms with Crippen molar-refractivity contribution >= 4 is 21.8 Å². The van der Waals surface area contributed by atoms with Crippen LogP contribution in [0.3, 0.4) is 0 Å². The lowest BCUT2D eigenvalue weighted by Gasteiger charge is -2.06. The lowest BCUT2D eigenvalue weighted by atomic mass is 10.1. The molecule has 4 heteroatoms. The number of H-pyrrole nitrogens is 1. The number of pyridine rings is 1. The molecule has 1 N–H and O–H groups in total. The van der Waals surface area contributed by atoms with E-state index in [9.17, 15) is 4.79 Å². The van der Waals surface area contributed by atoms with Gasteiger partial charge in [0.1, 0.15) is 24.7 Å². The molecule has 0 spiro atoms. The molecule has 0 aliphatic carbocycles. The fourth-order valence-corrected chi connectivity index (χ4v) is 3.05. The largest absolute Gasteiger partial charge is 0.481 e. The topological polar surface area (TPSA) is 51.3 Å². The number of ether oxygens (including phenoxy) is 2. The van der Waals surface area contributed by atoms with Crippen LogP contribution in [-0.2, 0) is 0 Å². The van der Waals surface area contributed by atoms with E-state index in [1.807, 2.05) is 61.5 Å². The summed E-state index contributed by atoms with van der Waals surface area (Å²) in [5.74, 6) is 7.39. The average Bonchev–Trinajstić information content (AvgIpc) is 2.72. The van der Waals surface area contributed by atoms with E-state index in [2.05, 4.69) is 16.8 Å². The van der Waals surface area contributed by atoms with Gasteiger partial charge in [0.2, 0.25) is 0 Å². The van der Waals surface area contributed by atoms with E-state index < -0.39 is 0 Å². The van der Waals surface area contributed by atoms with Crippen molar-refractivity contribution in [3.8, 4) is 23.3 Å². The Morgan fingerprint density at radius 1 is 0.821 bits per heavy atom. The van der Waals surface area contributed by atoms with Crippen LogP contribution in [0.5, 0.6) is 11.5 Å². The number of benzene rings is 3. The second kappa shape index (κ2) is 7.89. The Kier molecular flexibility index (Phi) is 4.99. The molecule has 0 saturated heterocycles. The minimum absolute atomic E-state index is 0.0176. The molecule has 0 atom stereocenters. The van der Waals surface area contributed by atoms with E-state index in [1.165, 1.54) is 0 Å². The van der Waals surface area contributed by atoms with Crippen molar-refractivity contribution in [1.29, 1.82) is 0 Å². The molecule has 4 nitrogen and oxygen atoms in total. The standard InChI is InChI=1S/C24H19NO3/c1-17-8-2-5-11-23(17)28-15-7-6-14-27-18-12-13-20-22(16-18)25-21-10-4-3-9-19(21)24(20)26/h2-5,8-13,16H,14-15H2,1H3,(H,25,26). The number of para-hydroxylation sites is 2. The highest BCUT2D eigenvalue weighted by atomic mass is 16.5. The molecular weight excluding hydrogens is 350 g/mol. The van der Waals surface area contributed by atoms with E-state index in [4.69, 9.17) is 9.47 Å². The predicted octanol–water partition coefficient (Wildman–Crippen LogP) is 4.45. The minimum Gasteiger partial charge on any atom is -0.481 e. The van der Waals surface area contributed by atoms with Crippen LogP contribution in [0.4, 0.5) is 0 Å². The summed E-state index contributed by atoms with van der Waals surface area (Å²) in [5, 5.41) is 1.33. The Hall–Kier alpha value is -3.71. The lowest BCUT2D eigenvalue weighted by molar-refractivity contribution is 0.361. The summed E-state index contributed by atoms with van der Waals surface area (Å²) < 4.78 is 11.3. The highest BCUT2D eigenvalue weighted by molar-refractivity contribution is 5.92. The molecule has 0 bridgehead atoms. The van der Waals surface area contributed by atoms with Crippen LogP contribution in [0, 0.1) is 18.8 Å². The van der Waals surface area contributed by atoms with Gasteiger partial charge in [0.25, 0.3) is 0 Å². The molecule has 4 aromatic rings. The number of nitrogens with one attached hydrogen (secondary N) is 1. The highest BCUT2D eigenvalue weighted by Gasteiger charge is 2.05. The number of aromatic amines is 1. The van der Waals surface area contributed by atoms with Crippen molar-refractivity contribution < 1.29 is 9.47 Å². The van der Waals surface area contributed by atoms with Gasteiger partial charge in [-0.3, -0.25) is 4.79 Å². The van der Waals surface area contributed by atoms with Gasteiger partial charge in [-0.15, -0.1) is 0 Å². The number of fused-ring (bicyclic) bond motifs is 2. The maximum Gasteiger partial charge on any atom is 0.197 e. The van der Waals surface area contributed by atoms with Crippen LogP contribution < -0.4 is 14.9 Å². The maximum absolute atomic E-state index is 12.6. The van der Waals surface area contributed by atoms with Crippen LogP contribution in [0.15, 0.2) is 71.5 Å². The molecule has 0 unspecified atom stereocenters. The van der Waals surface area contributed by atoms with E-state index in [0.717, 1.165) is 22.3 Å². The summed E-state index contributed by atoms with van der Waals surface area (Å²) >= 11 is 0. The Morgan fingerprint density at radius 3 is 2.39 bits per heavy atom. The third-order valence-corrected chi connectivity index (χ3v) is 4.51. The first-order valence-corrected chi connectivity index (χ1v) is 9.04. The molecule has 138 valence electrons. The maximum atomic E-state index is 12.6. The van der Waals surface area contributed by atoms with Crippen molar-refractivity contribution in [3.63, 3.8) is 0 Å². The molecule has 0 radical (unpaired) electrons. The zero-order chi connectivity index (χ0) is 19.3. The van der Waals surface area contributed by atoms with Crippen molar-refractivity contribution in [2.24, 2.45) is 0 Å². The fraction of sp³-hybridized carbons (Fsp3) is 0.125. The van der Waals surface area contributed by atoms with Gasteiger partial charge in [-0.2, -0.15) is 0 Å². The first-order valence-electron chi connectivity index (χ1n) is 9.04.